The molecule has 30 heavy (non-hydrogen) atoms. The molecule has 160 valence electrons. The summed E-state index contributed by atoms with van der Waals surface area (Å²) in [5.41, 5.74) is 3.61. The molecule has 1 aliphatic rings. The molecule has 0 radical (unpaired) electrons. The number of amides is 1. The van der Waals surface area contributed by atoms with Gasteiger partial charge in [0.05, 0.1) is 12.1 Å². The number of hydrogen-bond acceptors (Lipinski definition) is 4. The van der Waals surface area contributed by atoms with E-state index in [0.29, 0.717) is 36.6 Å². The van der Waals surface area contributed by atoms with Gasteiger partial charge in [-0.3, -0.25) is 9.69 Å². The van der Waals surface area contributed by atoms with Crippen molar-refractivity contribution in [3.8, 4) is 6.07 Å². The van der Waals surface area contributed by atoms with Crippen molar-refractivity contribution in [2.75, 3.05) is 25.0 Å². The molecule has 1 aromatic heterocycles. The monoisotopic (exact) mass is 407 g/mol. The van der Waals surface area contributed by atoms with Crippen LogP contribution in [0.15, 0.2) is 30.3 Å². The van der Waals surface area contributed by atoms with Crippen molar-refractivity contribution in [3.63, 3.8) is 0 Å². The fourth-order valence-electron chi connectivity index (χ4n) is 4.20. The van der Waals surface area contributed by atoms with E-state index in [0.717, 1.165) is 42.8 Å². The number of nitrogens with one attached hydrogen (secondary N) is 2. The highest BCUT2D eigenvalue weighted by molar-refractivity contribution is 5.93. The summed E-state index contributed by atoms with van der Waals surface area (Å²) < 4.78 is 2.04. The van der Waals surface area contributed by atoms with Crippen molar-refractivity contribution in [2.24, 2.45) is 0 Å². The fourth-order valence-corrected chi connectivity index (χ4v) is 4.20. The van der Waals surface area contributed by atoms with Gasteiger partial charge in [0.2, 0.25) is 5.91 Å². The summed E-state index contributed by atoms with van der Waals surface area (Å²) >= 11 is 0. The zero-order valence-electron chi connectivity index (χ0n) is 18.5. The summed E-state index contributed by atoms with van der Waals surface area (Å²) in [5, 5.41) is 16.3. The molecule has 0 saturated carbocycles. The van der Waals surface area contributed by atoms with Crippen molar-refractivity contribution in [1.29, 1.82) is 5.26 Å². The second-order valence-corrected chi connectivity index (χ2v) is 8.54. The van der Waals surface area contributed by atoms with Crippen LogP contribution in [0.4, 0.5) is 5.82 Å². The molecule has 0 unspecified atom stereocenters. The first-order valence-corrected chi connectivity index (χ1v) is 10.8. The van der Waals surface area contributed by atoms with Crippen molar-refractivity contribution in [3.05, 3.63) is 52.7 Å². The van der Waals surface area contributed by atoms with Crippen LogP contribution in [0.1, 0.15) is 49.1 Å². The molecule has 6 nitrogen and oxygen atoms in total. The van der Waals surface area contributed by atoms with Gasteiger partial charge < -0.3 is 15.2 Å². The van der Waals surface area contributed by atoms with Crippen LogP contribution in [0.25, 0.3) is 0 Å². The number of carbonyl (C=O) groups is 1. The molecular weight excluding hydrogens is 374 g/mol. The molecule has 6 heteroatoms. The quantitative estimate of drug-likeness (QED) is 0.738. The van der Waals surface area contributed by atoms with Crippen LogP contribution in [-0.4, -0.2) is 47.1 Å². The Morgan fingerprint density at radius 1 is 1.20 bits per heavy atom. The van der Waals surface area contributed by atoms with Gasteiger partial charge in [0.15, 0.2) is 0 Å². The predicted octanol–water partition coefficient (Wildman–Crippen LogP) is 3.43. The Labute approximate surface area is 179 Å². The number of nitriles is 1. The molecule has 1 amide bonds. The highest BCUT2D eigenvalue weighted by Crippen LogP contribution is 2.27. The lowest BCUT2D eigenvalue weighted by molar-refractivity contribution is -0.117. The third kappa shape index (κ3) is 5.29. The van der Waals surface area contributed by atoms with Crippen LogP contribution in [0.3, 0.4) is 0 Å². The normalized spacial score (nSPS) is 15.3. The first-order chi connectivity index (χ1) is 14.4. The second-order valence-electron chi connectivity index (χ2n) is 8.54. The fraction of sp³-hybridized carbons (Fsp3) is 0.500. The summed E-state index contributed by atoms with van der Waals surface area (Å²) in [5.74, 6) is 0.547. The van der Waals surface area contributed by atoms with E-state index in [1.54, 1.807) is 0 Å². The molecule has 1 fully saturated rings. The average molecular weight is 408 g/mol. The van der Waals surface area contributed by atoms with Crippen LogP contribution < -0.4 is 10.6 Å². The van der Waals surface area contributed by atoms with Crippen molar-refractivity contribution < 1.29 is 4.79 Å². The Morgan fingerprint density at radius 2 is 1.87 bits per heavy atom. The van der Waals surface area contributed by atoms with Gasteiger partial charge in [0, 0.05) is 37.4 Å². The topological polar surface area (TPSA) is 73.1 Å². The van der Waals surface area contributed by atoms with Gasteiger partial charge in [-0.1, -0.05) is 44.2 Å². The Bertz CT molecular complexity index is 902. The Kier molecular flexibility index (Phi) is 7.30. The van der Waals surface area contributed by atoms with E-state index >= 15 is 0 Å². The minimum atomic E-state index is -0.0615. The van der Waals surface area contributed by atoms with Crippen LogP contribution in [0, 0.1) is 25.2 Å². The lowest BCUT2D eigenvalue weighted by atomic mass is 10.0. The standard InChI is InChI=1S/C24H33N5O/c1-17(2)26-21-10-12-28(13-11-21)16-23(30)27-24-22(14-25)18(3)19(4)29(24)15-20-8-6-5-7-9-20/h5-9,17,21,26H,10-13,15-16H2,1-4H3,(H,27,30). The van der Waals surface area contributed by atoms with Crippen LogP contribution in [0.2, 0.25) is 0 Å². The number of carbonyl (C=O) groups excluding carboxylic acids is 1. The van der Waals surface area contributed by atoms with Crippen molar-refractivity contribution in [1.82, 2.24) is 14.8 Å². The van der Waals surface area contributed by atoms with Gasteiger partial charge in [-0.15, -0.1) is 0 Å². The van der Waals surface area contributed by atoms with E-state index in [9.17, 15) is 10.1 Å². The highest BCUT2D eigenvalue weighted by atomic mass is 16.2. The lowest BCUT2D eigenvalue weighted by Crippen LogP contribution is -2.46. The van der Waals surface area contributed by atoms with E-state index in [1.807, 2.05) is 36.6 Å². The Hall–Kier alpha value is -2.62. The number of likely N-dealkylation sites (tertiary alicyclic amines) is 1. The number of aromatic nitrogens is 1. The third-order valence-electron chi connectivity index (χ3n) is 5.91. The molecule has 1 aromatic carbocycles. The molecule has 0 atom stereocenters. The maximum Gasteiger partial charge on any atom is 0.239 e. The average Bonchev–Trinajstić information content (AvgIpc) is 2.93. The first-order valence-electron chi connectivity index (χ1n) is 10.8. The number of benzene rings is 1. The number of anilines is 1. The zero-order valence-corrected chi connectivity index (χ0v) is 18.5. The number of piperidine rings is 1. The third-order valence-corrected chi connectivity index (χ3v) is 5.91. The summed E-state index contributed by atoms with van der Waals surface area (Å²) in [4.78, 5) is 15.0. The van der Waals surface area contributed by atoms with Crippen molar-refractivity contribution >= 4 is 11.7 Å². The minimum Gasteiger partial charge on any atom is -0.326 e. The molecule has 3 rings (SSSR count). The molecule has 0 aliphatic carbocycles. The molecule has 1 saturated heterocycles. The molecule has 0 spiro atoms. The molecule has 1 aliphatic heterocycles. The summed E-state index contributed by atoms with van der Waals surface area (Å²) in [7, 11) is 0. The van der Waals surface area contributed by atoms with Gasteiger partial charge >= 0.3 is 0 Å². The summed E-state index contributed by atoms with van der Waals surface area (Å²) in [6, 6.07) is 13.4. The van der Waals surface area contributed by atoms with Gasteiger partial charge in [0.25, 0.3) is 0 Å². The Balaban J connectivity index is 1.69. The van der Waals surface area contributed by atoms with E-state index in [-0.39, 0.29) is 5.91 Å². The van der Waals surface area contributed by atoms with Gasteiger partial charge in [0.1, 0.15) is 11.9 Å². The van der Waals surface area contributed by atoms with Gasteiger partial charge in [-0.25, -0.2) is 0 Å². The largest absolute Gasteiger partial charge is 0.326 e. The molecule has 2 aromatic rings. The second kappa shape index (κ2) is 9.92. The minimum absolute atomic E-state index is 0.0615. The lowest BCUT2D eigenvalue weighted by Gasteiger charge is -2.33. The first kappa shape index (κ1) is 22.1. The highest BCUT2D eigenvalue weighted by Gasteiger charge is 2.23. The summed E-state index contributed by atoms with van der Waals surface area (Å²) in [6.45, 7) is 11.1. The predicted molar refractivity (Wildman–Crippen MR) is 121 cm³/mol. The SMILES string of the molecule is Cc1c(C#N)c(NC(=O)CN2CCC(NC(C)C)CC2)n(Cc2ccccc2)c1C. The maximum atomic E-state index is 12.8. The number of rotatable bonds is 7. The molecule has 2 heterocycles. The van der Waals surface area contributed by atoms with Crippen LogP contribution >= 0.6 is 0 Å². The number of hydrogen-bond donors (Lipinski definition) is 2. The number of nitrogens with zero attached hydrogens (tertiary/aromatic N) is 3. The molecule has 2 N–H and O–H groups in total. The molecular formula is C24H33N5O. The van der Waals surface area contributed by atoms with E-state index in [1.165, 1.54) is 0 Å². The molecule has 0 bridgehead atoms. The van der Waals surface area contributed by atoms with Crippen LogP contribution in [0.5, 0.6) is 0 Å². The van der Waals surface area contributed by atoms with Gasteiger partial charge in [-0.2, -0.15) is 5.26 Å². The van der Waals surface area contributed by atoms with Crippen molar-refractivity contribution in [2.45, 2.75) is 59.2 Å². The van der Waals surface area contributed by atoms with Gasteiger partial charge in [-0.05, 0) is 37.8 Å². The smallest absolute Gasteiger partial charge is 0.239 e. The maximum absolute atomic E-state index is 12.8. The zero-order chi connectivity index (χ0) is 21.7. The summed E-state index contributed by atoms with van der Waals surface area (Å²) in [6.07, 6.45) is 2.11. The van der Waals surface area contributed by atoms with Crippen LogP contribution in [-0.2, 0) is 11.3 Å². The Morgan fingerprint density at radius 3 is 2.47 bits per heavy atom. The van der Waals surface area contributed by atoms with E-state index < -0.39 is 0 Å². The van der Waals surface area contributed by atoms with E-state index in [2.05, 4.69) is 47.6 Å². The van der Waals surface area contributed by atoms with E-state index in [4.69, 9.17) is 0 Å².